The van der Waals surface area contributed by atoms with Crippen LogP contribution in [-0.2, 0) is 9.53 Å². The van der Waals surface area contributed by atoms with Gasteiger partial charge in [0.2, 0.25) is 0 Å². The number of hydrogen-bond acceptors (Lipinski definition) is 6. The van der Waals surface area contributed by atoms with Gasteiger partial charge in [0.05, 0.1) is 34.0 Å². The molecule has 0 unspecified atom stereocenters. The maximum atomic E-state index is 13.6. The van der Waals surface area contributed by atoms with Gasteiger partial charge in [-0.1, -0.05) is 35.6 Å². The number of ether oxygens (including phenoxy) is 1. The van der Waals surface area contributed by atoms with E-state index in [1.54, 1.807) is 32.1 Å². The van der Waals surface area contributed by atoms with Crippen molar-refractivity contribution in [1.82, 2.24) is 4.57 Å². The summed E-state index contributed by atoms with van der Waals surface area (Å²) in [5, 5.41) is 9.07. The second kappa shape index (κ2) is 8.95. The summed E-state index contributed by atoms with van der Waals surface area (Å²) in [5.74, 6) is -2.07. The molecule has 9 heteroatoms. The number of fused-ring (bicyclic) bond motifs is 1. The summed E-state index contributed by atoms with van der Waals surface area (Å²) in [7, 11) is 0. The minimum Gasteiger partial charge on any atom is -0.478 e. The lowest BCUT2D eigenvalue weighted by atomic mass is 9.96. The van der Waals surface area contributed by atoms with Crippen molar-refractivity contribution in [2.45, 2.75) is 19.9 Å². The lowest BCUT2D eigenvalue weighted by Crippen LogP contribution is -2.39. The predicted octanol–water partition coefficient (Wildman–Crippen LogP) is 2.64. The quantitative estimate of drug-likeness (QED) is 0.583. The van der Waals surface area contributed by atoms with Crippen LogP contribution in [0, 0.1) is 5.82 Å². The highest BCUT2D eigenvalue weighted by Crippen LogP contribution is 2.30. The fourth-order valence-corrected chi connectivity index (χ4v) is 4.67. The monoisotopic (exact) mass is 466 g/mol. The number of rotatable bonds is 5. The summed E-state index contributed by atoms with van der Waals surface area (Å²) in [6.45, 7) is 3.51. The van der Waals surface area contributed by atoms with Crippen molar-refractivity contribution in [3.63, 3.8) is 0 Å². The number of carboxylic acid groups (broad SMARTS) is 1. The first-order valence-electron chi connectivity index (χ1n) is 10.1. The molecule has 7 nitrogen and oxygen atoms in total. The van der Waals surface area contributed by atoms with E-state index < -0.39 is 23.8 Å². The summed E-state index contributed by atoms with van der Waals surface area (Å²) < 4.78 is 20.6. The fourth-order valence-electron chi connectivity index (χ4n) is 3.63. The Kier molecular flexibility index (Phi) is 6.06. The number of hydrogen-bond donors (Lipinski definition) is 1. The molecular weight excluding hydrogens is 447 g/mol. The first-order valence-corrected chi connectivity index (χ1v) is 10.9. The highest BCUT2D eigenvalue weighted by Gasteiger charge is 2.33. The molecule has 1 N–H and O–H groups in total. The molecule has 0 bridgehead atoms. The first kappa shape index (κ1) is 22.3. The van der Waals surface area contributed by atoms with Crippen LogP contribution in [0.3, 0.4) is 0 Å². The molecule has 3 aromatic rings. The highest BCUT2D eigenvalue weighted by molar-refractivity contribution is 7.07. The Bertz CT molecular complexity index is 1450. The van der Waals surface area contributed by atoms with E-state index in [-0.39, 0.29) is 23.3 Å². The van der Waals surface area contributed by atoms with E-state index in [0.717, 1.165) is 11.3 Å². The molecule has 1 atom stereocenters. The van der Waals surface area contributed by atoms with Gasteiger partial charge in [-0.25, -0.2) is 19.0 Å². The van der Waals surface area contributed by atoms with E-state index in [9.17, 15) is 18.8 Å². The zero-order valence-electron chi connectivity index (χ0n) is 17.7. The van der Waals surface area contributed by atoms with Gasteiger partial charge in [-0.15, -0.1) is 0 Å². The summed E-state index contributed by atoms with van der Waals surface area (Å²) in [6, 6.07) is 10.9. The molecule has 2 aromatic carbocycles. The van der Waals surface area contributed by atoms with Crippen molar-refractivity contribution in [1.29, 1.82) is 0 Å². The van der Waals surface area contributed by atoms with E-state index >= 15 is 0 Å². The van der Waals surface area contributed by atoms with Crippen LogP contribution in [0.5, 0.6) is 0 Å². The van der Waals surface area contributed by atoms with Crippen LogP contribution >= 0.6 is 11.3 Å². The van der Waals surface area contributed by atoms with Crippen molar-refractivity contribution in [2.24, 2.45) is 4.99 Å². The van der Waals surface area contributed by atoms with E-state index in [0.29, 0.717) is 26.2 Å². The minimum absolute atomic E-state index is 0.139. The topological polar surface area (TPSA) is 98.0 Å². The van der Waals surface area contributed by atoms with E-state index in [1.165, 1.54) is 41.0 Å². The average Bonchev–Trinajstić information content (AvgIpc) is 3.08. The Morgan fingerprint density at radius 2 is 1.85 bits per heavy atom. The molecule has 1 aliphatic rings. The third kappa shape index (κ3) is 4.27. The lowest BCUT2D eigenvalue weighted by Gasteiger charge is -2.24. The van der Waals surface area contributed by atoms with Crippen LogP contribution < -0.4 is 14.9 Å². The molecule has 0 spiro atoms. The third-order valence-electron chi connectivity index (χ3n) is 5.16. The number of nitrogens with zero attached hydrogens (tertiary/aromatic N) is 2. The minimum atomic E-state index is -1.04. The summed E-state index contributed by atoms with van der Waals surface area (Å²) >= 11 is 1.15. The Morgan fingerprint density at radius 1 is 1.18 bits per heavy atom. The van der Waals surface area contributed by atoms with Gasteiger partial charge in [-0.3, -0.25) is 9.36 Å². The fraction of sp³-hybridized carbons (Fsp3) is 0.167. The van der Waals surface area contributed by atoms with E-state index in [1.807, 2.05) is 0 Å². The summed E-state index contributed by atoms with van der Waals surface area (Å²) in [5.41, 5.74) is 1.59. The number of allylic oxidation sites excluding steroid dienone is 1. The molecule has 33 heavy (non-hydrogen) atoms. The summed E-state index contributed by atoms with van der Waals surface area (Å²) in [6.07, 6.45) is 1.64. The second-order valence-electron chi connectivity index (χ2n) is 7.28. The molecule has 0 radical (unpaired) electrons. The highest BCUT2D eigenvalue weighted by atomic mass is 32.1. The molecule has 2 heterocycles. The number of aromatic nitrogens is 1. The molecule has 0 fully saturated rings. The zero-order valence-corrected chi connectivity index (χ0v) is 18.6. The lowest BCUT2D eigenvalue weighted by molar-refractivity contribution is -0.139. The van der Waals surface area contributed by atoms with Gasteiger partial charge in [0.15, 0.2) is 4.80 Å². The van der Waals surface area contributed by atoms with Crippen molar-refractivity contribution in [3.05, 3.63) is 102 Å². The molecule has 0 aliphatic carbocycles. The summed E-state index contributed by atoms with van der Waals surface area (Å²) in [4.78, 5) is 42.1. The number of esters is 1. The van der Waals surface area contributed by atoms with Crippen molar-refractivity contribution in [3.8, 4) is 0 Å². The van der Waals surface area contributed by atoms with Crippen LogP contribution in [-0.4, -0.2) is 28.2 Å². The molecule has 4 rings (SSSR count). The number of halogens is 1. The van der Waals surface area contributed by atoms with E-state index in [2.05, 4.69) is 4.99 Å². The predicted molar refractivity (Wildman–Crippen MR) is 120 cm³/mol. The van der Waals surface area contributed by atoms with Gasteiger partial charge >= 0.3 is 11.9 Å². The Balaban J connectivity index is 1.90. The largest absolute Gasteiger partial charge is 0.478 e. The molecular formula is C24H19FN2O5S. The normalized spacial score (nSPS) is 15.7. The first-order chi connectivity index (χ1) is 15.8. The number of carboxylic acids is 1. The Hall–Kier alpha value is -3.85. The van der Waals surface area contributed by atoms with Crippen LogP contribution in [0.2, 0.25) is 0 Å². The number of aromatic carboxylic acids is 1. The average molecular weight is 466 g/mol. The van der Waals surface area contributed by atoms with Crippen LogP contribution in [0.1, 0.15) is 41.4 Å². The SMILES string of the molecule is CCOC(=O)C1=C(C)N=c2s/c(=C/c3ccc(C(=O)O)cc3)c(=O)n2[C@H]1c1ccc(F)cc1. The van der Waals surface area contributed by atoms with Crippen molar-refractivity contribution < 1.29 is 23.8 Å². The number of carbonyl (C=O) groups is 2. The Morgan fingerprint density at radius 3 is 2.45 bits per heavy atom. The molecule has 168 valence electrons. The van der Waals surface area contributed by atoms with Crippen LogP contribution in [0.4, 0.5) is 4.39 Å². The van der Waals surface area contributed by atoms with Gasteiger partial charge in [0.25, 0.3) is 5.56 Å². The van der Waals surface area contributed by atoms with Gasteiger partial charge in [-0.05, 0) is 55.3 Å². The second-order valence-corrected chi connectivity index (χ2v) is 8.29. The molecule has 0 amide bonds. The van der Waals surface area contributed by atoms with Crippen LogP contribution in [0.15, 0.2) is 69.6 Å². The molecule has 1 aliphatic heterocycles. The number of carbonyl (C=O) groups excluding carboxylic acids is 1. The maximum Gasteiger partial charge on any atom is 0.338 e. The van der Waals surface area contributed by atoms with Crippen molar-refractivity contribution in [2.75, 3.05) is 6.61 Å². The van der Waals surface area contributed by atoms with Gasteiger partial charge in [0, 0.05) is 0 Å². The van der Waals surface area contributed by atoms with Crippen molar-refractivity contribution >= 4 is 29.4 Å². The van der Waals surface area contributed by atoms with E-state index in [4.69, 9.17) is 9.84 Å². The Labute approximate surface area is 191 Å². The van der Waals surface area contributed by atoms with Gasteiger partial charge < -0.3 is 9.84 Å². The standard InChI is InChI=1S/C24H19FN2O5S/c1-3-32-23(31)19-13(2)26-24-27(20(19)15-8-10-17(25)11-9-15)21(28)18(33-24)12-14-4-6-16(7-5-14)22(29)30/h4-12,20H,3H2,1-2H3,(H,29,30)/b18-12+/t20-/m0/s1. The van der Waals surface area contributed by atoms with Gasteiger partial charge in [-0.2, -0.15) is 0 Å². The zero-order chi connectivity index (χ0) is 23.7. The molecule has 0 saturated heterocycles. The third-order valence-corrected chi connectivity index (χ3v) is 6.14. The number of thiazole rings is 1. The molecule has 0 saturated carbocycles. The van der Waals surface area contributed by atoms with Crippen LogP contribution in [0.25, 0.3) is 6.08 Å². The number of benzene rings is 2. The smallest absolute Gasteiger partial charge is 0.338 e. The van der Waals surface area contributed by atoms with Gasteiger partial charge in [0.1, 0.15) is 5.82 Å². The maximum absolute atomic E-state index is 13.6. The molecule has 1 aromatic heterocycles.